The van der Waals surface area contributed by atoms with Gasteiger partial charge in [-0.15, -0.1) is 0 Å². The third kappa shape index (κ3) is 23.6. The average Bonchev–Trinajstić information content (AvgIpc) is 2.42. The quantitative estimate of drug-likeness (QED) is 0.237. The van der Waals surface area contributed by atoms with Gasteiger partial charge < -0.3 is 9.79 Å². The van der Waals surface area contributed by atoms with Gasteiger partial charge in [-0.05, 0) is 6.42 Å². The van der Waals surface area contributed by atoms with Gasteiger partial charge in [0.2, 0.25) is 0 Å². The summed E-state index contributed by atoms with van der Waals surface area (Å²) in [6.07, 6.45) is 17.8. The van der Waals surface area contributed by atoms with E-state index in [-0.39, 0.29) is 44.3 Å². The van der Waals surface area contributed by atoms with Crippen molar-refractivity contribution in [3.8, 4) is 0 Å². The van der Waals surface area contributed by atoms with Crippen LogP contribution in [0.25, 0.3) is 0 Å². The Labute approximate surface area is 167 Å². The van der Waals surface area contributed by atoms with Crippen LogP contribution in [0.1, 0.15) is 96.8 Å². The summed E-state index contributed by atoms with van der Waals surface area (Å²) in [6, 6.07) is 0. The summed E-state index contributed by atoms with van der Waals surface area (Å²) < 4.78 is 14.8. The molecule has 22 heavy (non-hydrogen) atoms. The molecule has 0 unspecified atom stereocenters. The van der Waals surface area contributed by atoms with E-state index in [2.05, 4.69) is 11.4 Å². The number of unbranched alkanes of at least 4 members (excludes halogenated alkanes) is 13. The number of phosphoric acid groups is 1. The van der Waals surface area contributed by atoms with Crippen LogP contribution in [-0.4, -0.2) is 54.1 Å². The molecule has 0 aliphatic heterocycles. The zero-order chi connectivity index (χ0) is 15.8. The summed E-state index contributed by atoms with van der Waals surface area (Å²) in [7, 11) is -4.25. The topological polar surface area (TPSA) is 66.8 Å². The summed E-state index contributed by atoms with van der Waals surface area (Å²) in [4.78, 5) is 17.0. The predicted octanol–water partition coefficient (Wildman–Crippen LogP) is 4.66. The molecule has 0 aromatic carbocycles. The van der Waals surface area contributed by atoms with Crippen molar-refractivity contribution >= 4 is 45.6 Å². The first-order chi connectivity index (χ1) is 10.1. The Hall–Kier alpha value is 1.37. The maximum absolute atomic E-state index is 10.4. The van der Waals surface area contributed by atoms with E-state index < -0.39 is 7.82 Å². The Bertz CT molecular complexity index is 259. The summed E-state index contributed by atoms with van der Waals surface area (Å²) in [5.41, 5.74) is 0. The van der Waals surface area contributed by atoms with Crippen molar-refractivity contribution in [1.82, 2.24) is 0 Å². The van der Waals surface area contributed by atoms with Gasteiger partial charge in [-0.1, -0.05) is 90.4 Å². The van der Waals surface area contributed by atoms with Gasteiger partial charge >= 0.3 is 45.6 Å². The molecule has 0 bridgehead atoms. The van der Waals surface area contributed by atoms with Gasteiger partial charge in [0.25, 0.3) is 0 Å². The number of phosphoric ester groups is 1. The van der Waals surface area contributed by atoms with Gasteiger partial charge in [-0.25, -0.2) is 4.57 Å². The van der Waals surface area contributed by atoms with Crippen LogP contribution in [0.3, 0.4) is 0 Å². The van der Waals surface area contributed by atoms with Crippen molar-refractivity contribution in [2.24, 2.45) is 0 Å². The van der Waals surface area contributed by atoms with Gasteiger partial charge in [-0.3, -0.25) is 4.52 Å². The second-order valence-electron chi connectivity index (χ2n) is 5.92. The normalized spacial score (nSPS) is 11.4. The van der Waals surface area contributed by atoms with Crippen LogP contribution in [-0.2, 0) is 9.09 Å². The van der Waals surface area contributed by atoms with Crippen LogP contribution < -0.4 is 0 Å². The van der Waals surface area contributed by atoms with Crippen LogP contribution in [0.4, 0.5) is 0 Å². The van der Waals surface area contributed by atoms with Gasteiger partial charge in [0, 0.05) is 0 Å². The Kier molecular flexibility index (Phi) is 21.8. The molecule has 0 heterocycles. The Morgan fingerprint density at radius 3 is 1.32 bits per heavy atom. The second-order valence-corrected chi connectivity index (χ2v) is 7.16. The van der Waals surface area contributed by atoms with Crippen molar-refractivity contribution in [2.75, 3.05) is 6.61 Å². The van der Waals surface area contributed by atoms with Crippen molar-refractivity contribution in [1.29, 1.82) is 0 Å². The Morgan fingerprint density at radius 1 is 0.682 bits per heavy atom. The van der Waals surface area contributed by atoms with E-state index in [1.54, 1.807) is 0 Å². The molecule has 0 aliphatic carbocycles. The van der Waals surface area contributed by atoms with E-state index >= 15 is 0 Å². The molecule has 0 radical (unpaired) electrons. The molecule has 0 aliphatic rings. The summed E-state index contributed by atoms with van der Waals surface area (Å²) >= 11 is 0. The van der Waals surface area contributed by atoms with Crippen LogP contribution in [0, 0.1) is 0 Å². The summed E-state index contributed by atoms with van der Waals surface area (Å²) in [5.74, 6) is 0. The van der Waals surface area contributed by atoms with Crippen molar-refractivity contribution < 1.29 is 18.9 Å². The molecule has 0 saturated heterocycles. The molecule has 0 aromatic rings. The average molecular weight is 365 g/mol. The van der Waals surface area contributed by atoms with Gasteiger partial charge in [0.15, 0.2) is 0 Å². The van der Waals surface area contributed by atoms with Gasteiger partial charge in [0.1, 0.15) is 0 Å². The molecule has 0 rings (SSSR count). The van der Waals surface area contributed by atoms with E-state index in [1.165, 1.54) is 70.6 Å². The SMILES string of the molecule is CCCCCCCCCCCCCCCCOP(=O)(O)O.[CaH2]. The molecule has 4 nitrogen and oxygen atoms in total. The monoisotopic (exact) mass is 364 g/mol. The Morgan fingerprint density at radius 2 is 1.00 bits per heavy atom. The predicted molar refractivity (Wildman–Crippen MR) is 96.9 cm³/mol. The summed E-state index contributed by atoms with van der Waals surface area (Å²) in [6.45, 7) is 2.42. The van der Waals surface area contributed by atoms with E-state index in [0.29, 0.717) is 0 Å². The maximum atomic E-state index is 10.4. The first kappa shape index (κ1) is 25.6. The molecule has 132 valence electrons. The molecule has 6 heteroatoms. The van der Waals surface area contributed by atoms with Crippen molar-refractivity contribution in [2.45, 2.75) is 96.8 Å². The third-order valence-electron chi connectivity index (χ3n) is 3.76. The van der Waals surface area contributed by atoms with Crippen molar-refractivity contribution in [3.05, 3.63) is 0 Å². The van der Waals surface area contributed by atoms with Gasteiger partial charge in [0.05, 0.1) is 6.61 Å². The number of rotatable bonds is 16. The Balaban J connectivity index is 0. The molecular formula is C16H37CaO4P. The fraction of sp³-hybridized carbons (Fsp3) is 1.00. The number of hydrogen-bond donors (Lipinski definition) is 2. The molecule has 2 N–H and O–H groups in total. The zero-order valence-electron chi connectivity index (χ0n) is 13.8. The minimum absolute atomic E-state index is 0. The standard InChI is InChI=1S/C16H35O4P.Ca.2H/c1-2-3-4-5-6-7-8-9-10-11-12-13-14-15-16-20-21(17,18)19;;;/h2-16H2,1H3,(H2,17,18,19);;;. The third-order valence-corrected chi connectivity index (χ3v) is 4.28. The summed E-state index contributed by atoms with van der Waals surface area (Å²) in [5, 5.41) is 0. The van der Waals surface area contributed by atoms with Gasteiger partial charge in [-0.2, -0.15) is 0 Å². The van der Waals surface area contributed by atoms with Crippen LogP contribution in [0.2, 0.25) is 0 Å². The minimum atomic E-state index is -4.25. The first-order valence-electron chi connectivity index (χ1n) is 8.76. The molecule has 0 saturated carbocycles. The molecule has 0 spiro atoms. The molecule has 0 aromatic heterocycles. The fourth-order valence-corrected chi connectivity index (χ4v) is 2.85. The molecule has 0 atom stereocenters. The van der Waals surface area contributed by atoms with Crippen LogP contribution in [0.5, 0.6) is 0 Å². The zero-order valence-corrected chi connectivity index (χ0v) is 14.7. The first-order valence-corrected chi connectivity index (χ1v) is 10.3. The van der Waals surface area contributed by atoms with E-state index in [4.69, 9.17) is 9.79 Å². The van der Waals surface area contributed by atoms with Crippen LogP contribution >= 0.6 is 7.82 Å². The van der Waals surface area contributed by atoms with E-state index in [9.17, 15) is 4.57 Å². The fourth-order valence-electron chi connectivity index (χ4n) is 2.48. The van der Waals surface area contributed by atoms with E-state index in [1.807, 2.05) is 0 Å². The van der Waals surface area contributed by atoms with Crippen molar-refractivity contribution in [3.63, 3.8) is 0 Å². The van der Waals surface area contributed by atoms with E-state index in [0.717, 1.165) is 19.3 Å². The van der Waals surface area contributed by atoms with Crippen LogP contribution in [0.15, 0.2) is 0 Å². The molecule has 0 amide bonds. The molecule has 0 fully saturated rings. The number of hydrogen-bond acceptors (Lipinski definition) is 2. The molecular weight excluding hydrogens is 327 g/mol. The second kappa shape index (κ2) is 18.7.